The number of fused-ring (bicyclic) bond motifs is 6. The maximum Gasteiger partial charge on any atom is 0.0131 e. The molecule has 5 aromatic carbocycles. The molecule has 0 bridgehead atoms. The van der Waals surface area contributed by atoms with Gasteiger partial charge in [0, 0.05) is 23.7 Å². The van der Waals surface area contributed by atoms with E-state index < -0.39 is 0 Å². The van der Waals surface area contributed by atoms with Gasteiger partial charge < -0.3 is 0 Å². The van der Waals surface area contributed by atoms with E-state index in [2.05, 4.69) is 158 Å². The van der Waals surface area contributed by atoms with E-state index in [9.17, 15) is 0 Å². The second-order valence-corrected chi connectivity index (χ2v) is 13.4. The minimum absolute atomic E-state index is 0.408. The van der Waals surface area contributed by atoms with E-state index in [1.807, 2.05) is 0 Å². The van der Waals surface area contributed by atoms with Crippen LogP contribution in [-0.2, 0) is 0 Å². The van der Waals surface area contributed by atoms with Crippen molar-refractivity contribution < 1.29 is 0 Å². The maximum absolute atomic E-state index is 2.51. The van der Waals surface area contributed by atoms with Crippen molar-refractivity contribution in [1.82, 2.24) is 0 Å². The van der Waals surface area contributed by atoms with Gasteiger partial charge in [-0.05, 0) is 89.3 Å². The molecule has 0 aromatic heterocycles. The molecule has 0 amide bonds. The Morgan fingerprint density at radius 2 is 1.07 bits per heavy atom. The summed E-state index contributed by atoms with van der Waals surface area (Å²) >= 11 is 0. The van der Waals surface area contributed by atoms with Gasteiger partial charge in [-0.1, -0.05) is 158 Å². The molecule has 4 unspecified atom stereocenters. The molecule has 218 valence electrons. The zero-order valence-corrected chi connectivity index (χ0v) is 25.7. The van der Waals surface area contributed by atoms with Crippen LogP contribution in [0.25, 0.3) is 61.5 Å². The van der Waals surface area contributed by atoms with Crippen LogP contribution < -0.4 is 10.4 Å². The van der Waals surface area contributed by atoms with E-state index in [4.69, 9.17) is 0 Å². The number of hydrogen-bond acceptors (Lipinski definition) is 0. The predicted molar refractivity (Wildman–Crippen MR) is 196 cm³/mol. The summed E-state index contributed by atoms with van der Waals surface area (Å²) in [5, 5.41) is 8.29. The van der Waals surface area contributed by atoms with Crippen molar-refractivity contribution in [2.75, 3.05) is 0 Å². The van der Waals surface area contributed by atoms with E-state index in [-0.39, 0.29) is 0 Å². The molecule has 0 saturated heterocycles. The molecule has 0 nitrogen and oxygen atoms in total. The lowest BCUT2D eigenvalue weighted by Crippen LogP contribution is -2.31. The number of hydrogen-bond donors (Lipinski definition) is 0. The Kier molecular flexibility index (Phi) is 5.75. The molecule has 5 aliphatic rings. The van der Waals surface area contributed by atoms with E-state index in [1.165, 1.54) is 76.5 Å². The molecule has 0 radical (unpaired) electrons. The first kappa shape index (κ1) is 26.1. The molecule has 0 N–H and O–H groups in total. The predicted octanol–water partition coefficient (Wildman–Crippen LogP) is 10.3. The molecule has 0 saturated carbocycles. The van der Waals surface area contributed by atoms with E-state index in [0.29, 0.717) is 23.7 Å². The summed E-state index contributed by atoms with van der Waals surface area (Å²) in [4.78, 5) is 0. The van der Waals surface area contributed by atoms with Crippen LogP contribution in [0.2, 0.25) is 0 Å². The Balaban J connectivity index is 1.18. The lowest BCUT2D eigenvalue weighted by Gasteiger charge is -2.27. The number of rotatable bonds is 3. The largest absolute Gasteiger partial charge is 0.0767 e. The summed E-state index contributed by atoms with van der Waals surface area (Å²) < 4.78 is 0. The van der Waals surface area contributed by atoms with Crippen LogP contribution in [0.1, 0.15) is 41.4 Å². The standard InChI is InChI=1S/C46H34/c1-2-13-32-29(11-1)12-9-20-33(32)30-23-25-31(26-24-30)44-37-16-5-7-18-39(37)46(40-19-8-6-17-38(40)44)43-28-27-42-35-15-4-3-14-34(35)36-21-10-22-41(43)45(36)42/h1-5,7,9-29,32,34-35H,6,8H2. The molecule has 46 heavy (non-hydrogen) atoms. The summed E-state index contributed by atoms with van der Waals surface area (Å²) in [7, 11) is 0. The molecule has 0 heteroatoms. The lowest BCUT2D eigenvalue weighted by molar-refractivity contribution is 0.678. The number of benzene rings is 5. The van der Waals surface area contributed by atoms with Crippen molar-refractivity contribution in [3.05, 3.63) is 173 Å². The van der Waals surface area contributed by atoms with Crippen LogP contribution in [0, 0.1) is 11.8 Å². The van der Waals surface area contributed by atoms with Crippen molar-refractivity contribution in [2.24, 2.45) is 11.8 Å². The van der Waals surface area contributed by atoms with Crippen LogP contribution >= 0.6 is 0 Å². The van der Waals surface area contributed by atoms with E-state index in [1.54, 1.807) is 0 Å². The van der Waals surface area contributed by atoms with Gasteiger partial charge in [0.15, 0.2) is 0 Å². The average molecular weight is 587 g/mol. The smallest absolute Gasteiger partial charge is 0.0131 e. The Hall–Kier alpha value is -5.20. The van der Waals surface area contributed by atoms with Gasteiger partial charge in [-0.2, -0.15) is 0 Å². The van der Waals surface area contributed by atoms with Gasteiger partial charge in [0.2, 0.25) is 0 Å². The zero-order valence-electron chi connectivity index (χ0n) is 25.7. The van der Waals surface area contributed by atoms with Crippen LogP contribution in [-0.4, -0.2) is 0 Å². The first-order chi connectivity index (χ1) is 22.8. The highest BCUT2D eigenvalue weighted by atomic mass is 14.4. The van der Waals surface area contributed by atoms with Crippen molar-refractivity contribution in [1.29, 1.82) is 0 Å². The molecule has 0 heterocycles. The van der Waals surface area contributed by atoms with Crippen LogP contribution in [0.5, 0.6) is 0 Å². The van der Waals surface area contributed by atoms with Crippen molar-refractivity contribution >= 4 is 39.3 Å². The molecular formula is C46H34. The molecule has 0 fully saturated rings. The van der Waals surface area contributed by atoms with Gasteiger partial charge in [0.25, 0.3) is 0 Å². The Morgan fingerprint density at radius 3 is 1.85 bits per heavy atom. The molecule has 4 atom stereocenters. The minimum atomic E-state index is 0.408. The summed E-state index contributed by atoms with van der Waals surface area (Å²) in [5.41, 5.74) is 11.1. The molecule has 0 spiro atoms. The van der Waals surface area contributed by atoms with Crippen molar-refractivity contribution in [2.45, 2.75) is 24.7 Å². The quantitative estimate of drug-likeness (QED) is 0.197. The first-order valence-electron chi connectivity index (χ1n) is 16.9. The fraction of sp³-hybridized carbons (Fsp3) is 0.130. The van der Waals surface area contributed by atoms with Gasteiger partial charge in [-0.3, -0.25) is 0 Å². The third-order valence-corrected chi connectivity index (χ3v) is 11.0. The fourth-order valence-electron chi connectivity index (χ4n) is 9.03. The second-order valence-electron chi connectivity index (χ2n) is 13.4. The van der Waals surface area contributed by atoms with Crippen molar-refractivity contribution in [3.8, 4) is 22.3 Å². The van der Waals surface area contributed by atoms with Crippen LogP contribution in [0.4, 0.5) is 0 Å². The minimum Gasteiger partial charge on any atom is -0.0767 e. The zero-order chi connectivity index (χ0) is 30.2. The van der Waals surface area contributed by atoms with Gasteiger partial charge in [0.1, 0.15) is 0 Å². The molecular weight excluding hydrogens is 553 g/mol. The Bertz CT molecular complexity index is 2390. The maximum atomic E-state index is 2.51. The first-order valence-corrected chi connectivity index (χ1v) is 16.9. The summed E-state index contributed by atoms with van der Waals surface area (Å²) in [6.45, 7) is 0. The van der Waals surface area contributed by atoms with Gasteiger partial charge in [0.05, 0.1) is 0 Å². The molecule has 10 rings (SSSR count). The fourth-order valence-corrected chi connectivity index (χ4v) is 9.03. The molecule has 5 aliphatic carbocycles. The highest BCUT2D eigenvalue weighted by molar-refractivity contribution is 6.12. The number of allylic oxidation sites excluding steroid dienone is 12. The summed E-state index contributed by atoms with van der Waals surface area (Å²) in [6, 6.07) is 30.4. The average Bonchev–Trinajstić information content (AvgIpc) is 3.46. The normalized spacial score (nSPS) is 23.1. The van der Waals surface area contributed by atoms with Gasteiger partial charge in [-0.15, -0.1) is 0 Å². The molecule has 0 aliphatic heterocycles. The SMILES string of the molecule is C1=CC2C=CC=C(c3ccc(-c4c5c(c(-c6ccc7c8c(cccc68)C6C=CC=CC76)c6ccccc46)=CCCC=5)cc3)C2C=C1. The van der Waals surface area contributed by atoms with E-state index in [0.717, 1.165) is 12.8 Å². The van der Waals surface area contributed by atoms with E-state index >= 15 is 0 Å². The Labute approximate surface area is 270 Å². The monoisotopic (exact) mass is 586 g/mol. The lowest BCUT2D eigenvalue weighted by atomic mass is 9.77. The molecule has 5 aromatic rings. The summed E-state index contributed by atoms with van der Waals surface area (Å²) in [6.07, 6.45) is 32.2. The topological polar surface area (TPSA) is 0 Å². The highest BCUT2D eigenvalue weighted by Crippen LogP contribution is 2.51. The summed E-state index contributed by atoms with van der Waals surface area (Å²) in [5.74, 6) is 1.73. The van der Waals surface area contributed by atoms with Crippen molar-refractivity contribution in [3.63, 3.8) is 0 Å². The third kappa shape index (κ3) is 3.74. The Morgan fingerprint density at radius 1 is 0.457 bits per heavy atom. The van der Waals surface area contributed by atoms with Crippen LogP contribution in [0.15, 0.2) is 146 Å². The van der Waals surface area contributed by atoms with Gasteiger partial charge >= 0.3 is 0 Å². The highest BCUT2D eigenvalue weighted by Gasteiger charge is 2.33. The third-order valence-electron chi connectivity index (χ3n) is 11.0. The van der Waals surface area contributed by atoms with Gasteiger partial charge in [-0.25, -0.2) is 0 Å². The second kappa shape index (κ2) is 10.2. The van der Waals surface area contributed by atoms with Crippen LogP contribution in [0.3, 0.4) is 0 Å².